The van der Waals surface area contributed by atoms with Crippen LogP contribution >= 0.6 is 0 Å². The van der Waals surface area contributed by atoms with Gasteiger partial charge in [-0.05, 0) is 19.2 Å². The Kier molecular flexibility index (Phi) is 3.70. The molecule has 0 spiro atoms. The zero-order chi connectivity index (χ0) is 16.5. The lowest BCUT2D eigenvalue weighted by Crippen LogP contribution is -2.44. The number of hydrogen-bond acceptors (Lipinski definition) is 6. The molecule has 3 aromatic rings. The second-order valence-corrected chi connectivity index (χ2v) is 5.92. The van der Waals surface area contributed by atoms with Crippen molar-refractivity contribution in [2.75, 3.05) is 38.1 Å². The smallest absolute Gasteiger partial charge is 0.180 e. The Balaban J connectivity index is 1.72. The summed E-state index contributed by atoms with van der Waals surface area (Å²) in [4.78, 5) is 22.5. The topological polar surface area (TPSA) is 62.5 Å². The highest BCUT2D eigenvalue weighted by Gasteiger charge is 2.17. The molecule has 3 aromatic heterocycles. The number of imidazole rings is 1. The second-order valence-electron chi connectivity index (χ2n) is 5.92. The van der Waals surface area contributed by atoms with Crippen molar-refractivity contribution in [2.24, 2.45) is 0 Å². The molecule has 1 saturated heterocycles. The molecule has 0 aromatic carbocycles. The molecule has 0 atom stereocenters. The molecule has 0 aliphatic carbocycles. The Morgan fingerprint density at radius 1 is 1.08 bits per heavy atom. The van der Waals surface area contributed by atoms with Gasteiger partial charge in [-0.2, -0.15) is 0 Å². The fourth-order valence-corrected chi connectivity index (χ4v) is 2.86. The van der Waals surface area contributed by atoms with Crippen LogP contribution in [-0.2, 0) is 0 Å². The predicted octanol–water partition coefficient (Wildman–Crippen LogP) is 1.58. The summed E-state index contributed by atoms with van der Waals surface area (Å²) in [7, 11) is 2.15. The molecule has 7 heteroatoms. The monoisotopic (exact) mass is 321 g/mol. The van der Waals surface area contributed by atoms with Crippen molar-refractivity contribution in [1.29, 1.82) is 0 Å². The molecule has 4 rings (SSSR count). The van der Waals surface area contributed by atoms with E-state index in [1.165, 1.54) is 0 Å². The van der Waals surface area contributed by atoms with Gasteiger partial charge in [0.15, 0.2) is 11.5 Å². The van der Waals surface area contributed by atoms with Gasteiger partial charge in [0.05, 0.1) is 18.1 Å². The van der Waals surface area contributed by atoms with Gasteiger partial charge in [0, 0.05) is 38.6 Å². The van der Waals surface area contributed by atoms with Crippen LogP contribution in [0, 0.1) is 0 Å². The van der Waals surface area contributed by atoms with Crippen LogP contribution in [0.4, 0.5) is 5.82 Å². The van der Waals surface area contributed by atoms with Crippen LogP contribution in [-0.4, -0.2) is 62.5 Å². The van der Waals surface area contributed by atoms with Gasteiger partial charge in [-0.15, -0.1) is 0 Å². The molecule has 0 radical (unpaired) electrons. The fourth-order valence-electron chi connectivity index (χ4n) is 2.86. The average Bonchev–Trinajstić information content (AvgIpc) is 3.05. The molecule has 0 amide bonds. The maximum absolute atomic E-state index is 4.76. The molecule has 0 unspecified atom stereocenters. The van der Waals surface area contributed by atoms with Crippen molar-refractivity contribution < 1.29 is 0 Å². The van der Waals surface area contributed by atoms with Gasteiger partial charge in [0.25, 0.3) is 0 Å². The predicted molar refractivity (Wildman–Crippen MR) is 93.8 cm³/mol. The van der Waals surface area contributed by atoms with E-state index >= 15 is 0 Å². The van der Waals surface area contributed by atoms with Crippen molar-refractivity contribution in [3.05, 3.63) is 43.1 Å². The number of likely N-dealkylation sites (N-methyl/N-ethyl adjacent to an activating group) is 1. The number of fused-ring (bicyclic) bond motifs is 1. The van der Waals surface area contributed by atoms with Gasteiger partial charge < -0.3 is 9.80 Å². The summed E-state index contributed by atoms with van der Waals surface area (Å²) in [6, 6.07) is 1.97. The molecule has 1 aliphatic rings. The number of hydrogen-bond donors (Lipinski definition) is 0. The third-order valence-corrected chi connectivity index (χ3v) is 4.32. The van der Waals surface area contributed by atoms with E-state index in [9.17, 15) is 0 Å². The van der Waals surface area contributed by atoms with Crippen LogP contribution in [0.15, 0.2) is 37.4 Å². The van der Waals surface area contributed by atoms with Crippen LogP contribution < -0.4 is 4.90 Å². The van der Waals surface area contributed by atoms with Crippen molar-refractivity contribution >= 4 is 17.5 Å². The van der Waals surface area contributed by atoms with Gasteiger partial charge in [-0.1, -0.05) is 6.58 Å². The van der Waals surface area contributed by atoms with Gasteiger partial charge in [0.2, 0.25) is 0 Å². The minimum Gasteiger partial charge on any atom is -0.354 e. The molecular weight excluding hydrogens is 302 g/mol. The Morgan fingerprint density at radius 3 is 2.71 bits per heavy atom. The van der Waals surface area contributed by atoms with Crippen LogP contribution in [0.25, 0.3) is 23.2 Å². The minimum atomic E-state index is 0.667. The zero-order valence-electron chi connectivity index (χ0n) is 13.6. The SMILES string of the molecule is C=Cc1cn2c(-c3nccc(N4CCN(C)CC4)n3)cnc2cn1. The summed E-state index contributed by atoms with van der Waals surface area (Å²) in [6.45, 7) is 7.81. The average molecular weight is 321 g/mol. The maximum Gasteiger partial charge on any atom is 0.180 e. The lowest BCUT2D eigenvalue weighted by Gasteiger charge is -2.33. The summed E-state index contributed by atoms with van der Waals surface area (Å²) in [5.41, 5.74) is 2.41. The Hall–Kier alpha value is -2.80. The third-order valence-electron chi connectivity index (χ3n) is 4.32. The Bertz CT molecular complexity index is 878. The Morgan fingerprint density at radius 2 is 1.92 bits per heavy atom. The third kappa shape index (κ3) is 2.63. The first-order valence-electron chi connectivity index (χ1n) is 7.97. The highest BCUT2D eigenvalue weighted by atomic mass is 15.3. The molecule has 1 aliphatic heterocycles. The summed E-state index contributed by atoms with van der Waals surface area (Å²) in [5, 5.41) is 0. The molecule has 7 nitrogen and oxygen atoms in total. The van der Waals surface area contributed by atoms with E-state index in [1.807, 2.05) is 22.9 Å². The second kappa shape index (κ2) is 6.01. The lowest BCUT2D eigenvalue weighted by atomic mass is 10.3. The minimum absolute atomic E-state index is 0.667. The lowest BCUT2D eigenvalue weighted by molar-refractivity contribution is 0.312. The summed E-state index contributed by atoms with van der Waals surface area (Å²) in [6.07, 6.45) is 8.93. The van der Waals surface area contributed by atoms with Crippen molar-refractivity contribution in [3.63, 3.8) is 0 Å². The van der Waals surface area contributed by atoms with E-state index < -0.39 is 0 Å². The van der Waals surface area contributed by atoms with Crippen LogP contribution in [0.3, 0.4) is 0 Å². The number of rotatable bonds is 3. The van der Waals surface area contributed by atoms with Crippen molar-refractivity contribution in [3.8, 4) is 11.5 Å². The van der Waals surface area contributed by atoms with Crippen molar-refractivity contribution in [1.82, 2.24) is 29.2 Å². The van der Waals surface area contributed by atoms with Crippen LogP contribution in [0.2, 0.25) is 0 Å². The summed E-state index contributed by atoms with van der Waals surface area (Å²) in [5.74, 6) is 1.63. The molecular formula is C17H19N7. The largest absolute Gasteiger partial charge is 0.354 e. The fraction of sp³-hybridized carbons (Fsp3) is 0.294. The van der Waals surface area contributed by atoms with Crippen LogP contribution in [0.5, 0.6) is 0 Å². The van der Waals surface area contributed by atoms with E-state index in [-0.39, 0.29) is 0 Å². The van der Waals surface area contributed by atoms with Gasteiger partial charge in [0.1, 0.15) is 11.5 Å². The highest BCUT2D eigenvalue weighted by molar-refractivity contribution is 5.59. The van der Waals surface area contributed by atoms with Crippen LogP contribution in [0.1, 0.15) is 5.69 Å². The number of aromatic nitrogens is 5. The molecule has 4 heterocycles. The first-order valence-corrected chi connectivity index (χ1v) is 7.97. The molecule has 0 saturated carbocycles. The standard InChI is InChI=1S/C17H19N7/c1-3-13-12-24-14(10-20-16(24)11-19-13)17-18-5-4-15(21-17)23-8-6-22(2)7-9-23/h3-5,10-12H,1,6-9H2,2H3. The number of piperazine rings is 1. The van der Waals surface area contributed by atoms with Gasteiger partial charge in [-0.25, -0.2) is 15.0 Å². The van der Waals surface area contributed by atoms with E-state index in [2.05, 4.69) is 38.4 Å². The first kappa shape index (κ1) is 14.8. The van der Waals surface area contributed by atoms with Crippen molar-refractivity contribution in [2.45, 2.75) is 0 Å². The summed E-state index contributed by atoms with van der Waals surface area (Å²) < 4.78 is 1.95. The Labute approximate surface area is 140 Å². The van der Waals surface area contributed by atoms with E-state index in [1.54, 1.807) is 18.5 Å². The first-order chi connectivity index (χ1) is 11.7. The highest BCUT2D eigenvalue weighted by Crippen LogP contribution is 2.20. The molecule has 0 N–H and O–H groups in total. The number of nitrogens with zero attached hydrogens (tertiary/aromatic N) is 7. The molecule has 1 fully saturated rings. The molecule has 24 heavy (non-hydrogen) atoms. The van der Waals surface area contributed by atoms with E-state index in [4.69, 9.17) is 4.98 Å². The van der Waals surface area contributed by atoms with E-state index in [0.29, 0.717) is 5.82 Å². The molecule has 122 valence electrons. The van der Waals surface area contributed by atoms with Gasteiger partial charge >= 0.3 is 0 Å². The maximum atomic E-state index is 4.76. The van der Waals surface area contributed by atoms with E-state index in [0.717, 1.165) is 49.0 Å². The normalized spacial score (nSPS) is 15.8. The number of anilines is 1. The summed E-state index contributed by atoms with van der Waals surface area (Å²) >= 11 is 0. The molecule has 0 bridgehead atoms. The zero-order valence-corrected chi connectivity index (χ0v) is 13.6. The quantitative estimate of drug-likeness (QED) is 0.730. The van der Waals surface area contributed by atoms with Gasteiger partial charge in [-0.3, -0.25) is 9.38 Å².